The van der Waals surface area contributed by atoms with Crippen LogP contribution in [0.5, 0.6) is 11.5 Å². The Morgan fingerprint density at radius 2 is 1.95 bits per heavy atom. The lowest BCUT2D eigenvalue weighted by atomic mass is 9.74. The maximum Gasteiger partial charge on any atom is 0.411 e. The molecule has 2 N–H and O–H groups in total. The molecule has 0 aromatic heterocycles. The summed E-state index contributed by atoms with van der Waals surface area (Å²) in [6.45, 7) is 6.01. The smallest absolute Gasteiger partial charge is 0.411 e. The van der Waals surface area contributed by atoms with Gasteiger partial charge in [-0.25, -0.2) is 4.79 Å². The van der Waals surface area contributed by atoms with Gasteiger partial charge in [-0.1, -0.05) is 31.5 Å². The van der Waals surface area contributed by atoms with Crippen molar-refractivity contribution in [3.8, 4) is 11.5 Å². The largest absolute Gasteiger partial charge is 0.490 e. The highest BCUT2D eigenvalue weighted by atomic mass is 79.9. The van der Waals surface area contributed by atoms with Gasteiger partial charge in [-0.3, -0.25) is 20.2 Å². The minimum absolute atomic E-state index is 0.0585. The highest BCUT2D eigenvalue weighted by Crippen LogP contribution is 2.47. The van der Waals surface area contributed by atoms with Crippen molar-refractivity contribution < 1.29 is 28.7 Å². The average molecular weight is 629 g/mol. The lowest BCUT2D eigenvalue weighted by molar-refractivity contribution is -0.431. The van der Waals surface area contributed by atoms with Crippen LogP contribution in [0.1, 0.15) is 63.5 Å². The van der Waals surface area contributed by atoms with Crippen LogP contribution < -0.4 is 20.1 Å². The molecule has 1 amide bonds. The van der Waals surface area contributed by atoms with Crippen LogP contribution in [0, 0.1) is 16.0 Å². The molecule has 2 aromatic carbocycles. The molecule has 0 bridgehead atoms. The fraction of sp³-hybridized carbons (Fsp3) is 0.400. The van der Waals surface area contributed by atoms with Crippen molar-refractivity contribution in [3.05, 3.63) is 84.8 Å². The fourth-order valence-electron chi connectivity index (χ4n) is 5.52. The van der Waals surface area contributed by atoms with E-state index in [-0.39, 0.29) is 24.0 Å². The molecule has 0 saturated heterocycles. The summed E-state index contributed by atoms with van der Waals surface area (Å²) in [4.78, 5) is 37.2. The van der Waals surface area contributed by atoms with Crippen LogP contribution in [0.4, 0.5) is 10.5 Å². The third kappa shape index (κ3) is 6.56. The predicted molar refractivity (Wildman–Crippen MR) is 157 cm³/mol. The van der Waals surface area contributed by atoms with E-state index in [1.165, 1.54) is 7.11 Å². The minimum Gasteiger partial charge on any atom is -0.490 e. The number of benzene rings is 2. The molecular formula is C30H34BrN3O7. The number of anilines is 1. The summed E-state index contributed by atoms with van der Waals surface area (Å²) in [6.07, 6.45) is 2.33. The number of nitrogens with zero attached hydrogens (tertiary/aromatic N) is 1. The first-order valence-corrected chi connectivity index (χ1v) is 14.4. The second kappa shape index (κ2) is 13.2. The molecule has 41 heavy (non-hydrogen) atoms. The second-order valence-electron chi connectivity index (χ2n) is 10.0. The van der Waals surface area contributed by atoms with Gasteiger partial charge in [-0.2, -0.15) is 0 Å². The molecule has 2 aliphatic rings. The molecule has 11 heteroatoms. The van der Waals surface area contributed by atoms with E-state index < -0.39 is 16.9 Å². The maximum atomic E-state index is 13.5. The topological polar surface area (TPSA) is 129 Å². The number of amides is 1. The van der Waals surface area contributed by atoms with Crippen molar-refractivity contribution in [1.82, 2.24) is 5.32 Å². The number of nitrogens with one attached hydrogen (secondary N) is 2. The Balaban J connectivity index is 1.74. The zero-order chi connectivity index (χ0) is 29.7. The molecule has 1 aliphatic heterocycles. The summed E-state index contributed by atoms with van der Waals surface area (Å²) in [5.74, 6) is 0.0582. The number of carbonyl (C=O) groups excluding carboxylic acids is 2. The van der Waals surface area contributed by atoms with Crippen LogP contribution in [-0.4, -0.2) is 30.5 Å². The van der Waals surface area contributed by atoms with Crippen molar-refractivity contribution in [2.75, 3.05) is 19.0 Å². The number of carbonyl (C=O) groups is 2. The first-order valence-electron chi connectivity index (χ1n) is 13.6. The summed E-state index contributed by atoms with van der Waals surface area (Å²) in [6, 6.07) is 10.6. The Kier molecular flexibility index (Phi) is 9.69. The van der Waals surface area contributed by atoms with Gasteiger partial charge in [-0.05, 0) is 72.3 Å². The Hall–Kier alpha value is -3.86. The number of para-hydroxylation sites is 1. The van der Waals surface area contributed by atoms with Crippen molar-refractivity contribution in [2.24, 2.45) is 5.92 Å². The van der Waals surface area contributed by atoms with Gasteiger partial charge in [0.25, 0.3) is 5.70 Å². The van der Waals surface area contributed by atoms with Crippen LogP contribution in [0.2, 0.25) is 0 Å². The van der Waals surface area contributed by atoms with Gasteiger partial charge in [0.15, 0.2) is 17.3 Å². The highest BCUT2D eigenvalue weighted by Gasteiger charge is 2.44. The Bertz CT molecular complexity index is 1420. The van der Waals surface area contributed by atoms with Crippen LogP contribution in [-0.2, 0) is 16.1 Å². The molecular weight excluding hydrogens is 594 g/mol. The number of methoxy groups -OCH3 is 1. The number of dihydropyridines is 1. The van der Waals surface area contributed by atoms with Crippen molar-refractivity contribution in [3.63, 3.8) is 0 Å². The molecule has 0 fully saturated rings. The number of rotatable bonds is 10. The standard InChI is InChI=1S/C30H34BrN3O7/c1-5-9-18-12-23-27(24(35)13-18)26(28(34(37)38)17(3)32-23)20-14-21(31)29(25(15-20)40-6-2)41-16-19-10-7-8-11-22(19)33-30(36)39-4/h7-8,10-11,14-15,18,26,32H,5-6,9,12-13,16H2,1-4H3,(H,33,36). The van der Waals surface area contributed by atoms with E-state index in [9.17, 15) is 19.7 Å². The van der Waals surface area contributed by atoms with Gasteiger partial charge in [0, 0.05) is 23.3 Å². The van der Waals surface area contributed by atoms with Crippen molar-refractivity contribution in [1.29, 1.82) is 0 Å². The zero-order valence-electron chi connectivity index (χ0n) is 23.5. The fourth-order valence-corrected chi connectivity index (χ4v) is 6.10. The van der Waals surface area contributed by atoms with Crippen LogP contribution >= 0.6 is 15.9 Å². The number of nitro groups is 1. The monoisotopic (exact) mass is 627 g/mol. The molecule has 4 rings (SSSR count). The third-order valence-corrected chi connectivity index (χ3v) is 7.84. The number of halogens is 1. The summed E-state index contributed by atoms with van der Waals surface area (Å²) in [5, 5.41) is 18.2. The second-order valence-corrected chi connectivity index (χ2v) is 10.9. The van der Waals surface area contributed by atoms with Gasteiger partial charge in [0.05, 0.1) is 34.5 Å². The predicted octanol–water partition coefficient (Wildman–Crippen LogP) is 6.83. The first-order chi connectivity index (χ1) is 19.7. The van der Waals surface area contributed by atoms with E-state index in [0.717, 1.165) is 18.5 Å². The first kappa shape index (κ1) is 30.1. The minimum atomic E-state index is -0.856. The van der Waals surface area contributed by atoms with E-state index >= 15 is 0 Å². The van der Waals surface area contributed by atoms with E-state index in [0.29, 0.717) is 63.5 Å². The van der Waals surface area contributed by atoms with Gasteiger partial charge in [-0.15, -0.1) is 0 Å². The molecule has 2 unspecified atom stereocenters. The maximum absolute atomic E-state index is 13.5. The van der Waals surface area contributed by atoms with Gasteiger partial charge < -0.3 is 19.5 Å². The molecule has 0 radical (unpaired) electrons. The van der Waals surface area contributed by atoms with Gasteiger partial charge >= 0.3 is 6.09 Å². The normalized spacial score (nSPS) is 18.4. The summed E-state index contributed by atoms with van der Waals surface area (Å²) in [5.41, 5.74) is 3.37. The van der Waals surface area contributed by atoms with Crippen LogP contribution in [0.15, 0.2) is 63.5 Å². The number of Topliss-reactive ketones (excluding diaryl/α,β-unsaturated/α-hetero) is 1. The number of hydrogen-bond donors (Lipinski definition) is 2. The van der Waals surface area contributed by atoms with Gasteiger partial charge in [0.1, 0.15) is 12.5 Å². The molecule has 2 atom stereocenters. The summed E-state index contributed by atoms with van der Waals surface area (Å²) in [7, 11) is 1.29. The highest BCUT2D eigenvalue weighted by molar-refractivity contribution is 9.10. The molecule has 1 heterocycles. The SMILES string of the molecule is CCCC1CC(=O)C2=C(C1)NC(C)=C([N+](=O)[O-])C2c1cc(Br)c(OCc2ccccc2NC(=O)OC)c(OCC)c1. The molecule has 0 saturated carbocycles. The molecule has 1 aliphatic carbocycles. The Morgan fingerprint density at radius 1 is 1.20 bits per heavy atom. The zero-order valence-corrected chi connectivity index (χ0v) is 25.1. The molecule has 0 spiro atoms. The summed E-state index contributed by atoms with van der Waals surface area (Å²) >= 11 is 3.59. The van der Waals surface area contributed by atoms with Crippen LogP contribution in [0.25, 0.3) is 0 Å². The Morgan fingerprint density at radius 3 is 2.63 bits per heavy atom. The van der Waals surface area contributed by atoms with Crippen LogP contribution in [0.3, 0.4) is 0 Å². The molecule has 2 aromatic rings. The third-order valence-electron chi connectivity index (χ3n) is 7.25. The lowest BCUT2D eigenvalue weighted by Crippen LogP contribution is -2.36. The summed E-state index contributed by atoms with van der Waals surface area (Å²) < 4.78 is 17.3. The number of allylic oxidation sites excluding steroid dienone is 3. The van der Waals surface area contributed by atoms with Crippen molar-refractivity contribution >= 4 is 33.5 Å². The van der Waals surface area contributed by atoms with E-state index in [1.54, 1.807) is 31.2 Å². The van der Waals surface area contributed by atoms with Gasteiger partial charge in [0.2, 0.25) is 0 Å². The number of ether oxygens (including phenoxy) is 3. The number of ketones is 1. The Labute approximate surface area is 247 Å². The van der Waals surface area contributed by atoms with E-state index in [4.69, 9.17) is 14.2 Å². The molecule has 10 nitrogen and oxygen atoms in total. The lowest BCUT2D eigenvalue weighted by Gasteiger charge is -2.34. The van der Waals surface area contributed by atoms with Crippen molar-refractivity contribution in [2.45, 2.75) is 59.0 Å². The quantitative estimate of drug-likeness (QED) is 0.216. The number of hydrogen-bond acceptors (Lipinski definition) is 8. The average Bonchev–Trinajstić information content (AvgIpc) is 2.92. The van der Waals surface area contributed by atoms with E-state index in [1.807, 2.05) is 19.1 Å². The molecule has 218 valence electrons. The van der Waals surface area contributed by atoms with E-state index in [2.05, 4.69) is 33.5 Å².